The number of carbonyl (C=O) groups is 2. The number of nitrogens with one attached hydrogen (secondary N) is 1. The lowest BCUT2D eigenvalue weighted by Crippen LogP contribution is -2.34. The lowest BCUT2D eigenvalue weighted by atomic mass is 10.0. The number of fused-ring (bicyclic) bond motifs is 1. The Hall–Kier alpha value is -3.45. The summed E-state index contributed by atoms with van der Waals surface area (Å²) >= 11 is 0. The third-order valence-electron chi connectivity index (χ3n) is 4.50. The highest BCUT2D eigenvalue weighted by atomic mass is 16.7. The molecule has 7 nitrogen and oxygen atoms in total. The van der Waals surface area contributed by atoms with Crippen molar-refractivity contribution in [2.24, 2.45) is 10.7 Å². The van der Waals surface area contributed by atoms with Crippen molar-refractivity contribution in [1.82, 2.24) is 5.06 Å². The van der Waals surface area contributed by atoms with Crippen LogP contribution in [0.25, 0.3) is 6.08 Å². The summed E-state index contributed by atoms with van der Waals surface area (Å²) in [5.74, 6) is -0.162. The van der Waals surface area contributed by atoms with Gasteiger partial charge in [0.25, 0.3) is 11.8 Å². The summed E-state index contributed by atoms with van der Waals surface area (Å²) in [5, 5.41) is 4.22. The van der Waals surface area contributed by atoms with Gasteiger partial charge in [-0.05, 0) is 43.7 Å². The predicted molar refractivity (Wildman–Crippen MR) is 118 cm³/mol. The Morgan fingerprint density at radius 2 is 1.93 bits per heavy atom. The maximum Gasteiger partial charge on any atom is 0.273 e. The molecule has 3 N–H and O–H groups in total. The number of hydrogen-bond donors (Lipinski definition) is 2. The molecule has 0 saturated carbocycles. The van der Waals surface area contributed by atoms with Crippen molar-refractivity contribution < 1.29 is 14.4 Å². The van der Waals surface area contributed by atoms with E-state index in [2.05, 4.69) is 10.3 Å². The monoisotopic (exact) mass is 406 g/mol. The van der Waals surface area contributed by atoms with Gasteiger partial charge in [-0.25, -0.2) is 10.1 Å². The molecule has 0 saturated heterocycles. The second kappa shape index (κ2) is 9.84. The van der Waals surface area contributed by atoms with E-state index in [0.717, 1.165) is 12.0 Å². The van der Waals surface area contributed by atoms with E-state index in [9.17, 15) is 9.59 Å². The van der Waals surface area contributed by atoms with E-state index in [-0.39, 0.29) is 18.2 Å². The van der Waals surface area contributed by atoms with E-state index in [1.165, 1.54) is 5.06 Å². The summed E-state index contributed by atoms with van der Waals surface area (Å²) in [4.78, 5) is 35.4. The van der Waals surface area contributed by atoms with E-state index in [1.54, 1.807) is 24.3 Å². The van der Waals surface area contributed by atoms with Crippen molar-refractivity contribution in [2.45, 2.75) is 26.7 Å². The molecule has 0 fully saturated rings. The maximum absolute atomic E-state index is 12.9. The van der Waals surface area contributed by atoms with Gasteiger partial charge in [-0.15, -0.1) is 0 Å². The molecule has 1 heterocycles. The van der Waals surface area contributed by atoms with Crippen LogP contribution >= 0.6 is 0 Å². The molecule has 156 valence electrons. The van der Waals surface area contributed by atoms with E-state index >= 15 is 0 Å². The van der Waals surface area contributed by atoms with Gasteiger partial charge in [0.05, 0.1) is 12.3 Å². The van der Waals surface area contributed by atoms with Crippen LogP contribution in [0.5, 0.6) is 0 Å². The van der Waals surface area contributed by atoms with Gasteiger partial charge >= 0.3 is 0 Å². The molecule has 7 heteroatoms. The van der Waals surface area contributed by atoms with E-state index < -0.39 is 0 Å². The van der Waals surface area contributed by atoms with Crippen LogP contribution in [0, 0.1) is 0 Å². The largest absolute Gasteiger partial charge is 0.387 e. The fraction of sp³-hybridized carbons (Fsp3) is 0.261. The van der Waals surface area contributed by atoms with Crippen LogP contribution in [0.3, 0.4) is 0 Å². The average Bonchev–Trinajstić information content (AvgIpc) is 2.91. The smallest absolute Gasteiger partial charge is 0.273 e. The molecule has 2 amide bonds. The standard InChI is InChI=1S/C23H26N4O3/c1-3-12-27(30-4-2)23(29)18-13-16-10-11-17(14-20(16)26-21(24)15-18)22(28)25-19-8-6-5-7-9-19/h5-11,13-14H,3-4,12,15H2,1-2H3,(H2,24,26)(H,25,28). The zero-order valence-corrected chi connectivity index (χ0v) is 17.2. The number of hydrogen-bond acceptors (Lipinski definition) is 5. The van der Waals surface area contributed by atoms with Crippen LogP contribution in [0.15, 0.2) is 59.1 Å². The van der Waals surface area contributed by atoms with Crippen molar-refractivity contribution in [3.05, 3.63) is 65.2 Å². The summed E-state index contributed by atoms with van der Waals surface area (Å²) < 4.78 is 0. The molecule has 2 aromatic carbocycles. The molecule has 0 bridgehead atoms. The first-order valence-corrected chi connectivity index (χ1v) is 10.0. The number of hydroxylamine groups is 2. The van der Waals surface area contributed by atoms with Crippen LogP contribution < -0.4 is 11.1 Å². The van der Waals surface area contributed by atoms with Gasteiger partial charge < -0.3 is 11.1 Å². The zero-order chi connectivity index (χ0) is 21.5. The van der Waals surface area contributed by atoms with Gasteiger partial charge in [0, 0.05) is 35.4 Å². The molecule has 0 radical (unpaired) electrons. The van der Waals surface area contributed by atoms with Crippen molar-refractivity contribution in [2.75, 3.05) is 18.5 Å². The Morgan fingerprint density at radius 3 is 2.63 bits per heavy atom. The number of carbonyl (C=O) groups excluding carboxylic acids is 2. The van der Waals surface area contributed by atoms with Crippen molar-refractivity contribution in [3.8, 4) is 0 Å². The third kappa shape index (κ3) is 5.12. The maximum atomic E-state index is 12.9. The van der Waals surface area contributed by atoms with Gasteiger partial charge in [0.15, 0.2) is 0 Å². The van der Waals surface area contributed by atoms with E-state index in [1.807, 2.05) is 44.2 Å². The van der Waals surface area contributed by atoms with Crippen LogP contribution in [-0.2, 0) is 9.63 Å². The van der Waals surface area contributed by atoms with Gasteiger partial charge in [-0.1, -0.05) is 31.2 Å². The van der Waals surface area contributed by atoms with Crippen molar-refractivity contribution in [1.29, 1.82) is 0 Å². The quantitative estimate of drug-likeness (QED) is 0.682. The number of amides is 2. The Kier molecular flexibility index (Phi) is 6.98. The molecule has 0 unspecified atom stereocenters. The van der Waals surface area contributed by atoms with Crippen LogP contribution in [-0.4, -0.2) is 35.9 Å². The minimum absolute atomic E-state index is 0.215. The molecule has 0 spiro atoms. The van der Waals surface area contributed by atoms with Gasteiger partial charge in [-0.3, -0.25) is 14.4 Å². The summed E-state index contributed by atoms with van der Waals surface area (Å²) in [6.45, 7) is 4.71. The number of anilines is 1. The minimum atomic E-state index is -0.243. The van der Waals surface area contributed by atoms with Gasteiger partial charge in [0.2, 0.25) is 0 Å². The number of para-hydroxylation sites is 1. The molecule has 1 aliphatic heterocycles. The SMILES string of the molecule is CCCN(OCC)C(=O)C1=Cc2ccc(C(=O)Nc3ccccc3)cc2N=C(N)C1. The molecule has 2 aromatic rings. The van der Waals surface area contributed by atoms with Gasteiger partial charge in [-0.2, -0.15) is 0 Å². The molecule has 0 aliphatic carbocycles. The Morgan fingerprint density at radius 1 is 1.17 bits per heavy atom. The molecule has 3 rings (SSSR count). The number of benzene rings is 2. The lowest BCUT2D eigenvalue weighted by Gasteiger charge is -2.21. The summed E-state index contributed by atoms with van der Waals surface area (Å²) in [6.07, 6.45) is 2.76. The number of nitrogens with two attached hydrogens (primary N) is 1. The Bertz CT molecular complexity index is 977. The third-order valence-corrected chi connectivity index (χ3v) is 4.50. The first kappa shape index (κ1) is 21.3. The normalized spacial score (nSPS) is 12.9. The first-order chi connectivity index (χ1) is 14.5. The number of aliphatic imine (C=N–C) groups is 1. The summed E-state index contributed by atoms with van der Waals surface area (Å²) in [6, 6.07) is 14.4. The fourth-order valence-electron chi connectivity index (χ4n) is 3.14. The fourth-order valence-corrected chi connectivity index (χ4v) is 3.14. The highest BCUT2D eigenvalue weighted by Crippen LogP contribution is 2.28. The van der Waals surface area contributed by atoms with Gasteiger partial charge in [0.1, 0.15) is 5.84 Å². The predicted octanol–water partition coefficient (Wildman–Crippen LogP) is 3.90. The van der Waals surface area contributed by atoms with Crippen LogP contribution in [0.1, 0.15) is 42.6 Å². The Balaban J connectivity index is 1.87. The average molecular weight is 406 g/mol. The number of rotatable bonds is 7. The highest BCUT2D eigenvalue weighted by Gasteiger charge is 2.22. The lowest BCUT2D eigenvalue weighted by molar-refractivity contribution is -0.180. The second-order valence-corrected chi connectivity index (χ2v) is 6.87. The number of nitrogens with zero attached hydrogens (tertiary/aromatic N) is 2. The van der Waals surface area contributed by atoms with E-state index in [4.69, 9.17) is 10.6 Å². The van der Waals surface area contributed by atoms with Crippen molar-refractivity contribution >= 4 is 35.1 Å². The minimum Gasteiger partial charge on any atom is -0.387 e. The number of amidine groups is 1. The van der Waals surface area contributed by atoms with Crippen molar-refractivity contribution in [3.63, 3.8) is 0 Å². The molecular formula is C23H26N4O3. The molecule has 1 aliphatic rings. The second-order valence-electron chi connectivity index (χ2n) is 6.87. The first-order valence-electron chi connectivity index (χ1n) is 10.0. The topological polar surface area (TPSA) is 97.0 Å². The van der Waals surface area contributed by atoms with Crippen LogP contribution in [0.2, 0.25) is 0 Å². The zero-order valence-electron chi connectivity index (χ0n) is 17.2. The van der Waals surface area contributed by atoms with E-state index in [0.29, 0.717) is 41.5 Å². The van der Waals surface area contributed by atoms with Crippen LogP contribution in [0.4, 0.5) is 11.4 Å². The molecule has 30 heavy (non-hydrogen) atoms. The molecule has 0 atom stereocenters. The molecule has 0 aromatic heterocycles. The highest BCUT2D eigenvalue weighted by molar-refractivity contribution is 6.07. The molecular weight excluding hydrogens is 380 g/mol. The summed E-state index contributed by atoms with van der Waals surface area (Å²) in [7, 11) is 0. The Labute approximate surface area is 176 Å². The summed E-state index contributed by atoms with van der Waals surface area (Å²) in [5.41, 5.74) is 9.01.